The third kappa shape index (κ3) is 7.61. The third-order valence-electron chi connectivity index (χ3n) is 2.66. The zero-order chi connectivity index (χ0) is 19.3. The fourth-order valence-corrected chi connectivity index (χ4v) is 1.69. The molecule has 2 N–H and O–H groups in total. The van der Waals surface area contributed by atoms with Gasteiger partial charge in [0.1, 0.15) is 5.60 Å². The number of amides is 1. The van der Waals surface area contributed by atoms with Crippen molar-refractivity contribution in [3.8, 4) is 11.8 Å². The van der Waals surface area contributed by atoms with Crippen molar-refractivity contribution in [2.75, 3.05) is 6.54 Å². The molecule has 0 saturated carbocycles. The van der Waals surface area contributed by atoms with Crippen molar-refractivity contribution in [2.45, 2.75) is 39.0 Å². The molecule has 0 aliphatic carbocycles. The van der Waals surface area contributed by atoms with Crippen LogP contribution in [-0.2, 0) is 10.9 Å². The summed E-state index contributed by atoms with van der Waals surface area (Å²) in [5.74, 6) is 3.58. The molecule has 0 aliphatic rings. The number of rotatable bonds is 3. The molecule has 0 aliphatic heterocycles. The maximum absolute atomic E-state index is 12.8. The Balaban J connectivity index is 2.74. The van der Waals surface area contributed by atoms with E-state index in [1.54, 1.807) is 20.8 Å². The number of carbonyl (C=O) groups excluding carboxylic acids is 1. The van der Waals surface area contributed by atoms with Crippen molar-refractivity contribution in [2.24, 2.45) is 0 Å². The van der Waals surface area contributed by atoms with Crippen molar-refractivity contribution in [3.05, 3.63) is 34.9 Å². The van der Waals surface area contributed by atoms with E-state index in [4.69, 9.17) is 9.84 Å². The Morgan fingerprint density at radius 3 is 2.36 bits per heavy atom. The van der Waals surface area contributed by atoms with Crippen LogP contribution >= 0.6 is 0 Å². The van der Waals surface area contributed by atoms with Gasteiger partial charge in [-0.2, -0.15) is 13.2 Å². The summed E-state index contributed by atoms with van der Waals surface area (Å²) >= 11 is 0. The van der Waals surface area contributed by atoms with E-state index in [2.05, 4.69) is 17.2 Å². The number of carboxylic acids is 1. The fraction of sp³-hybridized carbons (Fsp3) is 0.412. The normalized spacial score (nSPS) is 11.3. The Labute approximate surface area is 143 Å². The van der Waals surface area contributed by atoms with Gasteiger partial charge >= 0.3 is 18.2 Å². The second kappa shape index (κ2) is 7.92. The summed E-state index contributed by atoms with van der Waals surface area (Å²) < 4.78 is 43.3. The lowest BCUT2D eigenvalue weighted by molar-refractivity contribution is -0.137. The van der Waals surface area contributed by atoms with Crippen LogP contribution in [0.25, 0.3) is 0 Å². The van der Waals surface area contributed by atoms with Crippen LogP contribution in [0.4, 0.5) is 18.0 Å². The number of hydrogen-bond donors (Lipinski definition) is 2. The summed E-state index contributed by atoms with van der Waals surface area (Å²) in [4.78, 5) is 22.3. The molecule has 1 aromatic carbocycles. The number of aromatic carboxylic acids is 1. The summed E-state index contributed by atoms with van der Waals surface area (Å²) in [7, 11) is 0. The summed E-state index contributed by atoms with van der Waals surface area (Å²) in [6.07, 6.45) is -5.13. The first-order valence-corrected chi connectivity index (χ1v) is 7.30. The molecule has 0 fully saturated rings. The quantitative estimate of drug-likeness (QED) is 0.639. The van der Waals surface area contributed by atoms with Gasteiger partial charge in [0.05, 0.1) is 11.1 Å². The minimum atomic E-state index is -4.67. The van der Waals surface area contributed by atoms with Crippen LogP contribution in [-0.4, -0.2) is 29.3 Å². The highest BCUT2D eigenvalue weighted by molar-refractivity contribution is 5.88. The average Bonchev–Trinajstić information content (AvgIpc) is 2.43. The van der Waals surface area contributed by atoms with Gasteiger partial charge < -0.3 is 15.2 Å². The Hall–Kier alpha value is -2.69. The van der Waals surface area contributed by atoms with Crippen molar-refractivity contribution >= 4 is 12.1 Å². The van der Waals surface area contributed by atoms with Crippen LogP contribution in [0.5, 0.6) is 0 Å². The van der Waals surface area contributed by atoms with Crippen LogP contribution in [0.15, 0.2) is 18.2 Å². The van der Waals surface area contributed by atoms with Crippen LogP contribution in [0, 0.1) is 11.8 Å². The smallest absolute Gasteiger partial charge is 0.416 e. The molecule has 0 atom stereocenters. The number of alkyl carbamates (subject to hydrolysis) is 1. The maximum atomic E-state index is 12.8. The van der Waals surface area contributed by atoms with E-state index in [0.717, 1.165) is 12.1 Å². The molecule has 1 amide bonds. The maximum Gasteiger partial charge on any atom is 0.416 e. The van der Waals surface area contributed by atoms with Gasteiger partial charge in [0.25, 0.3) is 0 Å². The van der Waals surface area contributed by atoms with Gasteiger partial charge in [-0.05, 0) is 39.0 Å². The molecular weight excluding hydrogens is 339 g/mol. The number of benzene rings is 1. The van der Waals surface area contributed by atoms with Gasteiger partial charge in [0.2, 0.25) is 0 Å². The van der Waals surface area contributed by atoms with E-state index in [9.17, 15) is 22.8 Å². The summed E-state index contributed by atoms with van der Waals surface area (Å²) in [6, 6.07) is 2.39. The highest BCUT2D eigenvalue weighted by Crippen LogP contribution is 2.30. The van der Waals surface area contributed by atoms with Crippen molar-refractivity contribution in [3.63, 3.8) is 0 Å². The SMILES string of the molecule is CC(C)(C)OC(=O)NCCC#Cc1cc(C(=O)O)cc(C(F)(F)F)c1. The van der Waals surface area contributed by atoms with Crippen molar-refractivity contribution < 1.29 is 32.6 Å². The van der Waals surface area contributed by atoms with E-state index < -0.39 is 35.0 Å². The molecule has 1 aromatic rings. The molecule has 0 spiro atoms. The van der Waals surface area contributed by atoms with Crippen LogP contribution in [0.3, 0.4) is 0 Å². The van der Waals surface area contributed by atoms with E-state index in [-0.39, 0.29) is 18.5 Å². The first kappa shape index (κ1) is 20.4. The van der Waals surface area contributed by atoms with Gasteiger partial charge in [0.15, 0.2) is 0 Å². The standard InChI is InChI=1S/C17H18F3NO4/c1-16(2,3)25-15(24)21-7-5-4-6-11-8-12(14(22)23)10-13(9-11)17(18,19)20/h8-10H,5,7H2,1-3H3,(H,21,24)(H,22,23). The van der Waals surface area contributed by atoms with Crippen molar-refractivity contribution in [1.82, 2.24) is 5.32 Å². The van der Waals surface area contributed by atoms with E-state index >= 15 is 0 Å². The van der Waals surface area contributed by atoms with Gasteiger partial charge in [-0.3, -0.25) is 0 Å². The lowest BCUT2D eigenvalue weighted by Crippen LogP contribution is -2.32. The monoisotopic (exact) mass is 357 g/mol. The zero-order valence-electron chi connectivity index (χ0n) is 14.0. The molecular formula is C17H18F3NO4. The Bertz CT molecular complexity index is 709. The highest BCUT2D eigenvalue weighted by atomic mass is 19.4. The summed E-state index contributed by atoms with van der Waals surface area (Å²) in [5.41, 5.74) is -2.28. The number of carbonyl (C=O) groups is 2. The zero-order valence-corrected chi connectivity index (χ0v) is 14.0. The lowest BCUT2D eigenvalue weighted by atomic mass is 10.1. The second-order valence-electron chi connectivity index (χ2n) is 6.08. The van der Waals surface area contributed by atoms with Gasteiger partial charge in [-0.25, -0.2) is 9.59 Å². The van der Waals surface area contributed by atoms with Gasteiger partial charge in [-0.15, -0.1) is 0 Å². The molecule has 0 unspecified atom stereocenters. The number of nitrogens with one attached hydrogen (secondary N) is 1. The average molecular weight is 357 g/mol. The van der Waals surface area contributed by atoms with Gasteiger partial charge in [-0.1, -0.05) is 11.8 Å². The third-order valence-corrected chi connectivity index (χ3v) is 2.66. The molecule has 0 saturated heterocycles. The fourth-order valence-electron chi connectivity index (χ4n) is 1.69. The Kier molecular flexibility index (Phi) is 6.45. The second-order valence-corrected chi connectivity index (χ2v) is 6.08. The predicted molar refractivity (Wildman–Crippen MR) is 84.1 cm³/mol. The largest absolute Gasteiger partial charge is 0.478 e. The summed E-state index contributed by atoms with van der Waals surface area (Å²) in [5, 5.41) is 11.3. The summed E-state index contributed by atoms with van der Waals surface area (Å²) in [6.45, 7) is 5.27. The van der Waals surface area contributed by atoms with E-state index in [1.165, 1.54) is 0 Å². The minimum absolute atomic E-state index is 0.0653. The first-order valence-electron chi connectivity index (χ1n) is 7.30. The number of hydrogen-bond acceptors (Lipinski definition) is 3. The van der Waals surface area contributed by atoms with Crippen LogP contribution < -0.4 is 5.32 Å². The van der Waals surface area contributed by atoms with E-state index in [0.29, 0.717) is 6.07 Å². The molecule has 0 radical (unpaired) electrons. The highest BCUT2D eigenvalue weighted by Gasteiger charge is 2.31. The first-order chi connectivity index (χ1) is 11.4. The Morgan fingerprint density at radius 1 is 1.20 bits per heavy atom. The number of alkyl halides is 3. The van der Waals surface area contributed by atoms with Crippen LogP contribution in [0.1, 0.15) is 48.7 Å². The molecule has 136 valence electrons. The molecule has 8 heteroatoms. The lowest BCUT2D eigenvalue weighted by Gasteiger charge is -2.19. The Morgan fingerprint density at radius 2 is 1.84 bits per heavy atom. The molecule has 5 nitrogen and oxygen atoms in total. The topological polar surface area (TPSA) is 75.6 Å². The molecule has 0 heterocycles. The predicted octanol–water partition coefficient (Wildman–Crippen LogP) is 3.67. The number of ether oxygens (including phenoxy) is 1. The number of carboxylic acid groups (broad SMARTS) is 1. The molecule has 0 aromatic heterocycles. The molecule has 1 rings (SSSR count). The number of halogens is 3. The van der Waals surface area contributed by atoms with E-state index in [1.807, 2.05) is 0 Å². The molecule has 0 bridgehead atoms. The van der Waals surface area contributed by atoms with Crippen LogP contribution in [0.2, 0.25) is 0 Å². The van der Waals surface area contributed by atoms with Crippen molar-refractivity contribution in [1.29, 1.82) is 0 Å². The van der Waals surface area contributed by atoms with Gasteiger partial charge in [0, 0.05) is 18.5 Å². The minimum Gasteiger partial charge on any atom is -0.478 e. The molecule has 25 heavy (non-hydrogen) atoms.